The van der Waals surface area contributed by atoms with Crippen LogP contribution in [0.15, 0.2) is 23.2 Å². The van der Waals surface area contributed by atoms with E-state index in [4.69, 9.17) is 11.6 Å². The number of hydrogen-bond donors (Lipinski definition) is 3. The summed E-state index contributed by atoms with van der Waals surface area (Å²) in [5, 5.41) is 0. The number of hydrazine groups is 1. The highest BCUT2D eigenvalue weighted by Gasteiger charge is 2.01. The molecule has 0 aliphatic heterocycles. The molecule has 0 aliphatic carbocycles. The van der Waals surface area contributed by atoms with E-state index < -0.39 is 0 Å². The van der Waals surface area contributed by atoms with Gasteiger partial charge in [-0.2, -0.15) is 0 Å². The third-order valence-electron chi connectivity index (χ3n) is 2.07. The number of nitrogens with two attached hydrogens (primary N) is 2. The molecule has 0 aromatic heterocycles. The van der Waals surface area contributed by atoms with E-state index >= 15 is 0 Å². The van der Waals surface area contributed by atoms with Crippen LogP contribution in [0.2, 0.25) is 0 Å². The second-order valence-electron chi connectivity index (χ2n) is 3.51. The van der Waals surface area contributed by atoms with E-state index in [9.17, 15) is 0 Å². The number of nitrogens with zero attached hydrogens (tertiary/aromatic N) is 2. The summed E-state index contributed by atoms with van der Waals surface area (Å²) in [5.74, 6) is 5.33. The molecule has 0 unspecified atom stereocenters. The first-order valence-corrected chi connectivity index (χ1v) is 4.63. The fraction of sp³-hybridized carbons (Fsp3) is 0.300. The van der Waals surface area contributed by atoms with Crippen LogP contribution in [0.4, 0.5) is 11.4 Å². The molecule has 5 nitrogen and oxygen atoms in total. The van der Waals surface area contributed by atoms with E-state index in [2.05, 4.69) is 10.4 Å². The van der Waals surface area contributed by atoms with Crippen molar-refractivity contribution in [3.63, 3.8) is 0 Å². The molecule has 0 bridgehead atoms. The van der Waals surface area contributed by atoms with Crippen LogP contribution in [-0.2, 0) is 0 Å². The summed E-state index contributed by atoms with van der Waals surface area (Å²) in [4.78, 5) is 6.12. The molecular weight excluding hydrogens is 190 g/mol. The first-order chi connectivity index (χ1) is 7.04. The van der Waals surface area contributed by atoms with Gasteiger partial charge in [-0.25, -0.2) is 10.8 Å². The SMILES string of the molecule is Cc1ccc(N=C(N)NN)cc1N(C)C. The summed E-state index contributed by atoms with van der Waals surface area (Å²) in [7, 11) is 3.97. The Kier molecular flexibility index (Phi) is 3.51. The van der Waals surface area contributed by atoms with Crippen LogP contribution in [0.1, 0.15) is 5.56 Å². The molecule has 5 heteroatoms. The zero-order valence-electron chi connectivity index (χ0n) is 9.28. The van der Waals surface area contributed by atoms with Gasteiger partial charge in [0.2, 0.25) is 5.96 Å². The Morgan fingerprint density at radius 3 is 2.60 bits per heavy atom. The number of anilines is 1. The number of benzene rings is 1. The average molecular weight is 207 g/mol. The fourth-order valence-corrected chi connectivity index (χ4v) is 1.32. The smallest absolute Gasteiger partial charge is 0.208 e. The maximum atomic E-state index is 5.47. The molecule has 0 atom stereocenters. The lowest BCUT2D eigenvalue weighted by Gasteiger charge is -2.15. The Morgan fingerprint density at radius 2 is 2.07 bits per heavy atom. The van der Waals surface area contributed by atoms with Gasteiger partial charge in [0, 0.05) is 19.8 Å². The first-order valence-electron chi connectivity index (χ1n) is 4.63. The largest absolute Gasteiger partial charge is 0.377 e. The molecule has 5 N–H and O–H groups in total. The molecule has 82 valence electrons. The molecule has 0 spiro atoms. The van der Waals surface area contributed by atoms with Crippen LogP contribution in [0.3, 0.4) is 0 Å². The van der Waals surface area contributed by atoms with Gasteiger partial charge in [0.1, 0.15) is 0 Å². The van der Waals surface area contributed by atoms with Crippen LogP contribution < -0.4 is 21.9 Å². The van der Waals surface area contributed by atoms with Gasteiger partial charge < -0.3 is 10.6 Å². The van der Waals surface area contributed by atoms with Crippen LogP contribution in [-0.4, -0.2) is 20.1 Å². The van der Waals surface area contributed by atoms with Crippen molar-refractivity contribution in [3.05, 3.63) is 23.8 Å². The van der Waals surface area contributed by atoms with Crippen LogP contribution in [0.25, 0.3) is 0 Å². The molecule has 0 fully saturated rings. The quantitative estimate of drug-likeness (QED) is 0.285. The Hall–Kier alpha value is -1.75. The van der Waals surface area contributed by atoms with Gasteiger partial charge in [-0.15, -0.1) is 0 Å². The second kappa shape index (κ2) is 4.65. The molecule has 0 aliphatic rings. The predicted octanol–water partition coefficient (Wildman–Crippen LogP) is 0.471. The highest BCUT2D eigenvalue weighted by molar-refractivity contribution is 5.80. The normalized spacial score (nSPS) is 11.3. The van der Waals surface area contributed by atoms with Crippen molar-refractivity contribution < 1.29 is 0 Å². The van der Waals surface area contributed by atoms with Gasteiger partial charge in [0.15, 0.2) is 0 Å². The number of aryl methyl sites for hydroxylation is 1. The van der Waals surface area contributed by atoms with E-state index in [0.29, 0.717) is 0 Å². The Labute approximate surface area is 89.7 Å². The van der Waals surface area contributed by atoms with E-state index in [1.165, 1.54) is 5.56 Å². The van der Waals surface area contributed by atoms with E-state index in [-0.39, 0.29) is 5.96 Å². The average Bonchev–Trinajstić information content (AvgIpc) is 2.20. The number of hydrogen-bond acceptors (Lipinski definition) is 3. The lowest BCUT2D eigenvalue weighted by molar-refractivity contribution is 1.01. The van der Waals surface area contributed by atoms with Gasteiger partial charge in [-0.1, -0.05) is 6.07 Å². The van der Waals surface area contributed by atoms with Gasteiger partial charge in [-0.05, 0) is 24.6 Å². The maximum absolute atomic E-state index is 5.47. The van der Waals surface area contributed by atoms with Crippen molar-refractivity contribution in [2.75, 3.05) is 19.0 Å². The van der Waals surface area contributed by atoms with Gasteiger partial charge in [0.25, 0.3) is 0 Å². The summed E-state index contributed by atoms with van der Waals surface area (Å²) in [6.07, 6.45) is 0. The second-order valence-corrected chi connectivity index (χ2v) is 3.51. The van der Waals surface area contributed by atoms with E-state index in [0.717, 1.165) is 11.4 Å². The lowest BCUT2D eigenvalue weighted by atomic mass is 10.1. The Balaban J connectivity index is 3.08. The standard InChI is InChI=1S/C10H17N5/c1-7-4-5-8(13-10(11)14-12)6-9(7)15(2)3/h4-6H,12H2,1-3H3,(H3,11,13,14). The summed E-state index contributed by atoms with van der Waals surface area (Å²) >= 11 is 0. The molecule has 15 heavy (non-hydrogen) atoms. The Bertz CT molecular complexity index is 370. The number of aliphatic imine (C=N–C) groups is 1. The Morgan fingerprint density at radius 1 is 1.40 bits per heavy atom. The topological polar surface area (TPSA) is 79.7 Å². The summed E-state index contributed by atoms with van der Waals surface area (Å²) < 4.78 is 0. The van der Waals surface area contributed by atoms with Crippen molar-refractivity contribution in [2.24, 2.45) is 16.6 Å². The first kappa shape index (κ1) is 11.3. The molecule has 0 saturated heterocycles. The third-order valence-corrected chi connectivity index (χ3v) is 2.07. The zero-order chi connectivity index (χ0) is 11.4. The number of guanidine groups is 1. The minimum absolute atomic E-state index is 0.198. The summed E-state index contributed by atoms with van der Waals surface area (Å²) in [6.45, 7) is 2.05. The highest BCUT2D eigenvalue weighted by Crippen LogP contribution is 2.24. The minimum atomic E-state index is 0.198. The van der Waals surface area contributed by atoms with Gasteiger partial charge in [-0.3, -0.25) is 5.43 Å². The van der Waals surface area contributed by atoms with Crippen molar-refractivity contribution in [3.8, 4) is 0 Å². The van der Waals surface area contributed by atoms with Gasteiger partial charge >= 0.3 is 0 Å². The molecule has 0 radical (unpaired) electrons. The van der Waals surface area contributed by atoms with Crippen molar-refractivity contribution >= 4 is 17.3 Å². The van der Waals surface area contributed by atoms with Crippen LogP contribution >= 0.6 is 0 Å². The van der Waals surface area contributed by atoms with Crippen molar-refractivity contribution in [2.45, 2.75) is 6.92 Å². The minimum Gasteiger partial charge on any atom is -0.377 e. The molecule has 1 aromatic carbocycles. The predicted molar refractivity (Wildman–Crippen MR) is 64.1 cm³/mol. The maximum Gasteiger partial charge on any atom is 0.208 e. The molecular formula is C10H17N5. The van der Waals surface area contributed by atoms with Gasteiger partial charge in [0.05, 0.1) is 5.69 Å². The summed E-state index contributed by atoms with van der Waals surface area (Å²) in [6, 6.07) is 5.85. The van der Waals surface area contributed by atoms with Crippen LogP contribution in [0, 0.1) is 6.92 Å². The monoisotopic (exact) mass is 207 g/mol. The molecule has 0 saturated carbocycles. The van der Waals surface area contributed by atoms with Crippen molar-refractivity contribution in [1.82, 2.24) is 5.43 Å². The third kappa shape index (κ3) is 2.85. The van der Waals surface area contributed by atoms with Crippen molar-refractivity contribution in [1.29, 1.82) is 0 Å². The molecule has 1 aromatic rings. The highest BCUT2D eigenvalue weighted by atomic mass is 15.3. The number of nitrogens with one attached hydrogen (secondary N) is 1. The lowest BCUT2D eigenvalue weighted by Crippen LogP contribution is -2.36. The fourth-order valence-electron chi connectivity index (χ4n) is 1.32. The molecule has 1 rings (SSSR count). The molecule has 0 amide bonds. The van der Waals surface area contributed by atoms with Crippen LogP contribution in [0.5, 0.6) is 0 Å². The molecule has 0 heterocycles. The summed E-state index contributed by atoms with van der Waals surface area (Å²) in [5.41, 5.74) is 10.8. The van der Waals surface area contributed by atoms with E-state index in [1.807, 2.05) is 44.1 Å². The number of rotatable bonds is 2. The van der Waals surface area contributed by atoms with E-state index in [1.54, 1.807) is 0 Å². The zero-order valence-corrected chi connectivity index (χ0v) is 9.28.